The highest BCUT2D eigenvalue weighted by Crippen LogP contribution is 2.35. The monoisotopic (exact) mass is 465 g/mol. The Bertz CT molecular complexity index is 714. The molecular formula is C20H28IN5. The minimum absolute atomic E-state index is 0. The normalized spacial score (nSPS) is 22.7. The number of fused-ring (bicyclic) bond motifs is 1. The second-order valence-electron chi connectivity index (χ2n) is 7.19. The summed E-state index contributed by atoms with van der Waals surface area (Å²) in [5.41, 5.74) is 2.34. The van der Waals surface area contributed by atoms with E-state index in [1.165, 1.54) is 31.2 Å². The average molecular weight is 465 g/mol. The van der Waals surface area contributed by atoms with Gasteiger partial charge >= 0.3 is 0 Å². The van der Waals surface area contributed by atoms with Crippen molar-refractivity contribution < 1.29 is 0 Å². The molecule has 2 unspecified atom stereocenters. The van der Waals surface area contributed by atoms with E-state index in [4.69, 9.17) is 0 Å². The van der Waals surface area contributed by atoms with Crippen LogP contribution in [0.5, 0.6) is 0 Å². The number of nitrogens with zero attached hydrogens (tertiary/aromatic N) is 4. The maximum atomic E-state index is 4.54. The van der Waals surface area contributed by atoms with E-state index in [-0.39, 0.29) is 24.0 Å². The Morgan fingerprint density at radius 2 is 1.88 bits per heavy atom. The van der Waals surface area contributed by atoms with E-state index in [1.807, 2.05) is 30.2 Å². The van der Waals surface area contributed by atoms with Crippen molar-refractivity contribution in [1.29, 1.82) is 0 Å². The number of aromatic nitrogens is 2. The number of benzene rings is 1. The van der Waals surface area contributed by atoms with E-state index < -0.39 is 0 Å². The van der Waals surface area contributed by atoms with Crippen molar-refractivity contribution in [2.75, 3.05) is 20.1 Å². The molecule has 0 spiro atoms. The lowest BCUT2D eigenvalue weighted by Gasteiger charge is -2.22. The summed E-state index contributed by atoms with van der Waals surface area (Å²) in [6.45, 7) is 3.07. The van der Waals surface area contributed by atoms with Crippen molar-refractivity contribution in [3.8, 4) is 5.69 Å². The minimum Gasteiger partial charge on any atom is -0.352 e. The molecule has 1 saturated carbocycles. The molecule has 1 aliphatic heterocycles. The van der Waals surface area contributed by atoms with Crippen molar-refractivity contribution >= 4 is 29.9 Å². The fourth-order valence-corrected chi connectivity index (χ4v) is 4.38. The summed E-state index contributed by atoms with van der Waals surface area (Å²) in [5, 5.41) is 7.94. The third-order valence-corrected chi connectivity index (χ3v) is 5.67. The van der Waals surface area contributed by atoms with Gasteiger partial charge in [0.25, 0.3) is 0 Å². The zero-order valence-corrected chi connectivity index (χ0v) is 17.7. The number of para-hydroxylation sites is 1. The van der Waals surface area contributed by atoms with Gasteiger partial charge in [-0.15, -0.1) is 24.0 Å². The Kier molecular flexibility index (Phi) is 6.56. The van der Waals surface area contributed by atoms with Crippen molar-refractivity contribution in [3.63, 3.8) is 0 Å². The molecule has 1 saturated heterocycles. The van der Waals surface area contributed by atoms with Gasteiger partial charge in [0.2, 0.25) is 0 Å². The summed E-state index contributed by atoms with van der Waals surface area (Å²) >= 11 is 0. The summed E-state index contributed by atoms with van der Waals surface area (Å²) in [6.07, 6.45) is 9.38. The standard InChI is InChI=1S/C20H27N5.HI/c1-21-20(24-14-17-8-2-3-9-18(17)15-24)22-13-16-7-4-5-10-19(16)25-12-6-11-23-25;/h4-7,10-12,17-18H,2-3,8-9,13-15H2,1H3,(H,21,22);1H. The van der Waals surface area contributed by atoms with Gasteiger partial charge < -0.3 is 10.2 Å². The zero-order valence-electron chi connectivity index (χ0n) is 15.3. The molecule has 2 heterocycles. The molecule has 0 amide bonds. The largest absolute Gasteiger partial charge is 0.352 e. The van der Waals surface area contributed by atoms with Crippen LogP contribution in [-0.4, -0.2) is 40.8 Å². The molecule has 5 nitrogen and oxygen atoms in total. The highest BCUT2D eigenvalue weighted by molar-refractivity contribution is 14.0. The highest BCUT2D eigenvalue weighted by atomic mass is 127. The summed E-state index contributed by atoms with van der Waals surface area (Å²) in [5.74, 6) is 2.76. The Hall–Kier alpha value is -1.57. The third-order valence-electron chi connectivity index (χ3n) is 5.67. The SMILES string of the molecule is CN=C(NCc1ccccc1-n1cccn1)N1CC2CCCCC2C1.I. The fourth-order valence-electron chi connectivity index (χ4n) is 4.38. The average Bonchev–Trinajstić information content (AvgIpc) is 3.32. The van der Waals surface area contributed by atoms with Gasteiger partial charge in [0.1, 0.15) is 0 Å². The predicted octanol–water partition coefficient (Wildman–Crippen LogP) is 3.69. The van der Waals surface area contributed by atoms with Gasteiger partial charge in [0, 0.05) is 39.1 Å². The molecule has 0 bridgehead atoms. The molecule has 0 radical (unpaired) electrons. The van der Waals surface area contributed by atoms with E-state index >= 15 is 0 Å². The van der Waals surface area contributed by atoms with Crippen molar-refractivity contribution in [3.05, 3.63) is 48.3 Å². The van der Waals surface area contributed by atoms with Gasteiger partial charge in [-0.2, -0.15) is 5.10 Å². The van der Waals surface area contributed by atoms with Gasteiger partial charge in [-0.05, 0) is 42.4 Å². The Balaban J connectivity index is 0.00000196. The van der Waals surface area contributed by atoms with Crippen LogP contribution in [-0.2, 0) is 6.54 Å². The number of rotatable bonds is 3. The van der Waals surface area contributed by atoms with E-state index in [1.54, 1.807) is 0 Å². The molecule has 1 aromatic carbocycles. The molecule has 2 aromatic rings. The van der Waals surface area contributed by atoms with Gasteiger partial charge in [0.05, 0.1) is 5.69 Å². The van der Waals surface area contributed by atoms with Crippen LogP contribution in [0, 0.1) is 11.8 Å². The number of likely N-dealkylation sites (tertiary alicyclic amines) is 1. The first-order chi connectivity index (χ1) is 12.3. The van der Waals surface area contributed by atoms with Crippen molar-refractivity contribution in [2.45, 2.75) is 32.2 Å². The number of hydrogen-bond donors (Lipinski definition) is 1. The number of hydrogen-bond acceptors (Lipinski definition) is 2. The smallest absolute Gasteiger partial charge is 0.193 e. The highest BCUT2D eigenvalue weighted by Gasteiger charge is 2.35. The van der Waals surface area contributed by atoms with Crippen LogP contribution in [0.1, 0.15) is 31.2 Å². The zero-order chi connectivity index (χ0) is 17.1. The number of aliphatic imine (C=N–C) groups is 1. The number of halogens is 1. The van der Waals surface area contributed by atoms with Crippen LogP contribution in [0.4, 0.5) is 0 Å². The summed E-state index contributed by atoms with van der Waals surface area (Å²) in [7, 11) is 1.89. The lowest BCUT2D eigenvalue weighted by atomic mass is 9.82. The van der Waals surface area contributed by atoms with Crippen molar-refractivity contribution in [2.24, 2.45) is 16.8 Å². The second kappa shape index (κ2) is 8.88. The topological polar surface area (TPSA) is 45.5 Å². The fraction of sp³-hybridized carbons (Fsp3) is 0.500. The first-order valence-electron chi connectivity index (χ1n) is 9.38. The van der Waals surface area contributed by atoms with E-state index in [0.29, 0.717) is 0 Å². The van der Waals surface area contributed by atoms with E-state index in [2.05, 4.69) is 44.6 Å². The summed E-state index contributed by atoms with van der Waals surface area (Å²) in [4.78, 5) is 7.00. The number of guanidine groups is 1. The van der Waals surface area contributed by atoms with Crippen LogP contribution < -0.4 is 5.32 Å². The van der Waals surface area contributed by atoms with Gasteiger partial charge in [-0.3, -0.25) is 4.99 Å². The van der Waals surface area contributed by atoms with Gasteiger partial charge in [0.15, 0.2) is 5.96 Å². The molecule has 140 valence electrons. The minimum atomic E-state index is 0. The quantitative estimate of drug-likeness (QED) is 0.428. The summed E-state index contributed by atoms with van der Waals surface area (Å²) in [6, 6.07) is 10.4. The van der Waals surface area contributed by atoms with Crippen LogP contribution in [0.2, 0.25) is 0 Å². The lowest BCUT2D eigenvalue weighted by Crippen LogP contribution is -2.40. The van der Waals surface area contributed by atoms with Crippen LogP contribution in [0.3, 0.4) is 0 Å². The Morgan fingerprint density at radius 3 is 2.54 bits per heavy atom. The van der Waals surface area contributed by atoms with Crippen LogP contribution in [0.15, 0.2) is 47.7 Å². The first-order valence-corrected chi connectivity index (χ1v) is 9.38. The molecular weight excluding hydrogens is 437 g/mol. The molecule has 4 rings (SSSR count). The van der Waals surface area contributed by atoms with Gasteiger partial charge in [-0.1, -0.05) is 31.0 Å². The molecule has 2 atom stereocenters. The lowest BCUT2D eigenvalue weighted by molar-refractivity contribution is 0.299. The molecule has 2 fully saturated rings. The van der Waals surface area contributed by atoms with Crippen LogP contribution in [0.25, 0.3) is 5.69 Å². The molecule has 1 N–H and O–H groups in total. The van der Waals surface area contributed by atoms with E-state index in [0.717, 1.165) is 43.1 Å². The maximum Gasteiger partial charge on any atom is 0.193 e. The third kappa shape index (κ3) is 4.05. The molecule has 6 heteroatoms. The maximum absolute atomic E-state index is 4.54. The molecule has 26 heavy (non-hydrogen) atoms. The number of nitrogens with one attached hydrogen (secondary N) is 1. The van der Waals surface area contributed by atoms with Crippen LogP contribution >= 0.6 is 24.0 Å². The van der Waals surface area contributed by atoms with Gasteiger partial charge in [-0.25, -0.2) is 4.68 Å². The predicted molar refractivity (Wildman–Crippen MR) is 116 cm³/mol. The molecule has 1 aromatic heterocycles. The Morgan fingerprint density at radius 1 is 1.15 bits per heavy atom. The van der Waals surface area contributed by atoms with E-state index in [9.17, 15) is 0 Å². The summed E-state index contributed by atoms with van der Waals surface area (Å²) < 4.78 is 1.92. The molecule has 2 aliphatic rings. The molecule has 1 aliphatic carbocycles. The van der Waals surface area contributed by atoms with Crippen molar-refractivity contribution in [1.82, 2.24) is 20.0 Å². The second-order valence-corrected chi connectivity index (χ2v) is 7.19. The first kappa shape index (κ1) is 19.2. The Labute approximate surface area is 172 Å².